The fraction of sp³-hybridized carbons (Fsp3) is 0.364. The lowest BCUT2D eigenvalue weighted by molar-refractivity contribution is 0.471. The zero-order chi connectivity index (χ0) is 21.5. The van der Waals surface area contributed by atoms with Crippen LogP contribution in [0.4, 0.5) is 11.4 Å². The number of aromatic amines is 1. The second kappa shape index (κ2) is 7.85. The summed E-state index contributed by atoms with van der Waals surface area (Å²) in [4.78, 5) is 5.00. The van der Waals surface area contributed by atoms with Gasteiger partial charge in [0.2, 0.25) is 10.0 Å². The third-order valence-corrected chi connectivity index (χ3v) is 7.67. The number of anilines is 2. The van der Waals surface area contributed by atoms with Gasteiger partial charge >= 0.3 is 0 Å². The Labute approximate surface area is 177 Å². The Hall–Kier alpha value is -2.71. The lowest BCUT2D eigenvalue weighted by Crippen LogP contribution is -2.29. The molecule has 0 radical (unpaired) electrons. The minimum atomic E-state index is -3.57. The maximum absolute atomic E-state index is 13.1. The van der Waals surface area contributed by atoms with Crippen molar-refractivity contribution in [3.63, 3.8) is 0 Å². The van der Waals surface area contributed by atoms with Gasteiger partial charge in [0.25, 0.3) is 0 Å². The smallest absolute Gasteiger partial charge is 0.246 e. The predicted octanol–water partition coefficient (Wildman–Crippen LogP) is 3.96. The van der Waals surface area contributed by atoms with E-state index in [0.29, 0.717) is 29.4 Å². The number of nitrogens with one attached hydrogen (secondary N) is 2. The highest BCUT2D eigenvalue weighted by molar-refractivity contribution is 7.89. The van der Waals surface area contributed by atoms with Crippen molar-refractivity contribution in [2.45, 2.75) is 44.9 Å². The van der Waals surface area contributed by atoms with Crippen LogP contribution in [0.5, 0.6) is 0 Å². The van der Waals surface area contributed by atoms with Gasteiger partial charge in [0.1, 0.15) is 4.90 Å². The number of aromatic nitrogens is 3. The van der Waals surface area contributed by atoms with Gasteiger partial charge < -0.3 is 5.32 Å². The van der Waals surface area contributed by atoms with Gasteiger partial charge in [-0.1, -0.05) is 17.7 Å². The molecule has 2 aromatic heterocycles. The summed E-state index contributed by atoms with van der Waals surface area (Å²) in [5.74, 6) is 0.0609. The van der Waals surface area contributed by atoms with Crippen molar-refractivity contribution in [2.75, 3.05) is 18.4 Å². The van der Waals surface area contributed by atoms with E-state index in [1.54, 1.807) is 18.2 Å². The maximum atomic E-state index is 13.1. The monoisotopic (exact) mass is 425 g/mol. The van der Waals surface area contributed by atoms with E-state index in [-0.39, 0.29) is 5.92 Å². The molecule has 1 aliphatic rings. The average Bonchev–Trinajstić information content (AvgIpc) is 3.31. The quantitative estimate of drug-likeness (QED) is 0.646. The van der Waals surface area contributed by atoms with E-state index in [9.17, 15) is 8.42 Å². The minimum absolute atomic E-state index is 0.0609. The molecule has 158 valence electrons. The van der Waals surface area contributed by atoms with Crippen molar-refractivity contribution < 1.29 is 8.42 Å². The van der Waals surface area contributed by atoms with Gasteiger partial charge in [-0.05, 0) is 58.4 Å². The molecular formula is C22H27N5O2S. The van der Waals surface area contributed by atoms with E-state index >= 15 is 0 Å². The van der Waals surface area contributed by atoms with Crippen LogP contribution in [0.15, 0.2) is 41.3 Å². The van der Waals surface area contributed by atoms with Gasteiger partial charge in [0.15, 0.2) is 0 Å². The van der Waals surface area contributed by atoms with Crippen molar-refractivity contribution in [3.05, 3.63) is 64.7 Å². The molecule has 2 N–H and O–H groups in total. The first-order valence-corrected chi connectivity index (χ1v) is 11.5. The topological polar surface area (TPSA) is 91.0 Å². The van der Waals surface area contributed by atoms with Crippen LogP contribution in [0, 0.1) is 27.7 Å². The Bertz CT molecular complexity index is 1150. The molecule has 0 saturated carbocycles. The number of aryl methyl sites for hydroxylation is 4. The van der Waals surface area contributed by atoms with Gasteiger partial charge in [0.05, 0.1) is 11.4 Å². The summed E-state index contributed by atoms with van der Waals surface area (Å²) >= 11 is 0. The highest BCUT2D eigenvalue weighted by Crippen LogP contribution is 2.33. The molecule has 8 heteroatoms. The Morgan fingerprint density at radius 3 is 2.47 bits per heavy atom. The maximum Gasteiger partial charge on any atom is 0.246 e. The summed E-state index contributed by atoms with van der Waals surface area (Å²) in [6, 6.07) is 12.3. The van der Waals surface area contributed by atoms with Crippen LogP contribution in [0.25, 0.3) is 0 Å². The third-order valence-electron chi connectivity index (χ3n) is 5.54. The molecule has 0 bridgehead atoms. The van der Waals surface area contributed by atoms with Crippen LogP contribution in [0.2, 0.25) is 0 Å². The first kappa shape index (κ1) is 20.6. The van der Waals surface area contributed by atoms with Crippen LogP contribution in [-0.4, -0.2) is 41.0 Å². The molecule has 4 rings (SSSR count). The van der Waals surface area contributed by atoms with Crippen LogP contribution in [0.1, 0.15) is 40.7 Å². The number of rotatable bonds is 5. The van der Waals surface area contributed by atoms with Crippen molar-refractivity contribution in [1.82, 2.24) is 19.5 Å². The highest BCUT2D eigenvalue weighted by Gasteiger charge is 2.36. The Kier molecular flexibility index (Phi) is 5.38. The van der Waals surface area contributed by atoms with Crippen LogP contribution in [0.3, 0.4) is 0 Å². The van der Waals surface area contributed by atoms with E-state index in [2.05, 4.69) is 34.6 Å². The van der Waals surface area contributed by atoms with Crippen molar-refractivity contribution in [1.29, 1.82) is 0 Å². The number of hydrogen-bond donors (Lipinski definition) is 2. The number of H-pyrrole nitrogens is 1. The molecule has 0 aliphatic carbocycles. The number of hydrogen-bond acceptors (Lipinski definition) is 5. The standard InChI is InChI=1S/C22H27N5O2S/c1-14-5-7-19(8-6-14)24-20-11-15(2)23-21(12-20)18-9-10-27(13-18)30(28,29)22-16(3)25-26-17(22)4/h5-8,11-12,18H,9-10,13H2,1-4H3,(H,23,24)(H,25,26)/t18-/m0/s1. The SMILES string of the molecule is Cc1ccc(Nc2cc(C)nc([C@H]3CCN(S(=O)(=O)c4c(C)n[nH]c4C)C3)c2)cc1. The summed E-state index contributed by atoms with van der Waals surface area (Å²) in [6.07, 6.45) is 0.746. The fourth-order valence-electron chi connectivity index (χ4n) is 4.02. The van der Waals surface area contributed by atoms with Gasteiger partial charge in [-0.25, -0.2) is 8.42 Å². The molecule has 1 atom stereocenters. The summed E-state index contributed by atoms with van der Waals surface area (Å²) < 4.78 is 27.9. The van der Waals surface area contributed by atoms with Gasteiger partial charge in [-0.2, -0.15) is 9.40 Å². The minimum Gasteiger partial charge on any atom is -0.355 e. The fourth-order valence-corrected chi connectivity index (χ4v) is 5.85. The highest BCUT2D eigenvalue weighted by atomic mass is 32.2. The van der Waals surface area contributed by atoms with E-state index in [1.807, 2.05) is 31.2 Å². The summed E-state index contributed by atoms with van der Waals surface area (Å²) in [6.45, 7) is 8.39. The van der Waals surface area contributed by atoms with Crippen LogP contribution < -0.4 is 5.32 Å². The molecule has 1 aliphatic heterocycles. The summed E-state index contributed by atoms with van der Waals surface area (Å²) in [5.41, 5.74) is 6.10. The lowest BCUT2D eigenvalue weighted by Gasteiger charge is -2.17. The molecule has 1 fully saturated rings. The lowest BCUT2D eigenvalue weighted by atomic mass is 10.0. The van der Waals surface area contributed by atoms with E-state index < -0.39 is 10.0 Å². The largest absolute Gasteiger partial charge is 0.355 e. The normalized spacial score (nSPS) is 17.4. The zero-order valence-corrected chi connectivity index (χ0v) is 18.5. The van der Waals surface area contributed by atoms with Crippen molar-refractivity contribution >= 4 is 21.4 Å². The number of sulfonamides is 1. The van der Waals surface area contributed by atoms with E-state index in [1.165, 1.54) is 5.56 Å². The Morgan fingerprint density at radius 2 is 1.80 bits per heavy atom. The van der Waals surface area contributed by atoms with Crippen molar-refractivity contribution in [2.24, 2.45) is 0 Å². The van der Waals surface area contributed by atoms with Gasteiger partial charge in [0, 0.05) is 41.8 Å². The second-order valence-electron chi connectivity index (χ2n) is 8.02. The first-order valence-electron chi connectivity index (χ1n) is 10.1. The van der Waals surface area contributed by atoms with E-state index in [4.69, 9.17) is 4.98 Å². The summed E-state index contributed by atoms with van der Waals surface area (Å²) in [5, 5.41) is 10.3. The van der Waals surface area contributed by atoms with Gasteiger partial charge in [-0.15, -0.1) is 0 Å². The van der Waals surface area contributed by atoms with Gasteiger partial charge in [-0.3, -0.25) is 10.1 Å². The number of benzene rings is 1. The molecular weight excluding hydrogens is 398 g/mol. The molecule has 0 unspecified atom stereocenters. The Morgan fingerprint density at radius 1 is 1.07 bits per heavy atom. The average molecular weight is 426 g/mol. The summed E-state index contributed by atoms with van der Waals surface area (Å²) in [7, 11) is -3.57. The number of nitrogens with zero attached hydrogens (tertiary/aromatic N) is 3. The second-order valence-corrected chi connectivity index (χ2v) is 9.90. The molecule has 3 heterocycles. The molecule has 7 nitrogen and oxygen atoms in total. The van der Waals surface area contributed by atoms with Crippen molar-refractivity contribution in [3.8, 4) is 0 Å². The third kappa shape index (κ3) is 3.97. The molecule has 3 aromatic rings. The Balaban J connectivity index is 1.55. The molecule has 30 heavy (non-hydrogen) atoms. The molecule has 1 aromatic carbocycles. The van der Waals surface area contributed by atoms with Crippen LogP contribution >= 0.6 is 0 Å². The first-order chi connectivity index (χ1) is 14.2. The molecule has 0 amide bonds. The number of pyridine rings is 1. The molecule has 0 spiro atoms. The predicted molar refractivity (Wildman–Crippen MR) is 118 cm³/mol. The zero-order valence-electron chi connectivity index (χ0n) is 17.7. The molecule has 1 saturated heterocycles. The van der Waals surface area contributed by atoms with E-state index in [0.717, 1.165) is 29.2 Å². The van der Waals surface area contributed by atoms with Crippen LogP contribution in [-0.2, 0) is 10.0 Å².